The molecule has 1 saturated carbocycles. The first-order valence-corrected chi connectivity index (χ1v) is 6.79. The van der Waals surface area contributed by atoms with Crippen LogP contribution in [0.25, 0.3) is 0 Å². The highest BCUT2D eigenvalue weighted by Crippen LogP contribution is 2.62. The molecule has 1 rings (SSSR count). The maximum Gasteiger partial charge on any atom is 0.0425 e. The molecular formula is C15H29N. The van der Waals surface area contributed by atoms with Gasteiger partial charge in [-0.2, -0.15) is 0 Å². The molecule has 0 aliphatic heterocycles. The van der Waals surface area contributed by atoms with Gasteiger partial charge in [0.1, 0.15) is 0 Å². The smallest absolute Gasteiger partial charge is 0.0425 e. The summed E-state index contributed by atoms with van der Waals surface area (Å²) in [4.78, 5) is 2.31. The molecule has 2 atom stereocenters. The fourth-order valence-electron chi connectivity index (χ4n) is 3.04. The van der Waals surface area contributed by atoms with Gasteiger partial charge in [-0.1, -0.05) is 40.2 Å². The van der Waals surface area contributed by atoms with Crippen molar-refractivity contribution in [2.24, 2.45) is 11.3 Å². The normalized spacial score (nSPS) is 32.9. The van der Waals surface area contributed by atoms with Gasteiger partial charge in [0.2, 0.25) is 0 Å². The van der Waals surface area contributed by atoms with Crippen molar-refractivity contribution in [1.29, 1.82) is 0 Å². The molecule has 0 heterocycles. The van der Waals surface area contributed by atoms with Crippen LogP contribution in [0.1, 0.15) is 59.8 Å². The van der Waals surface area contributed by atoms with E-state index < -0.39 is 0 Å². The van der Waals surface area contributed by atoms with Crippen LogP contribution in [0.3, 0.4) is 0 Å². The average molecular weight is 223 g/mol. The Morgan fingerprint density at radius 3 is 2.31 bits per heavy atom. The summed E-state index contributed by atoms with van der Waals surface area (Å²) in [5, 5.41) is 0. The van der Waals surface area contributed by atoms with E-state index in [-0.39, 0.29) is 0 Å². The fourth-order valence-corrected chi connectivity index (χ4v) is 3.04. The maximum atomic E-state index is 3.89. The summed E-state index contributed by atoms with van der Waals surface area (Å²) in [7, 11) is 2.16. The molecule has 0 aromatic rings. The standard InChI is InChI=1S/C15H29N/c1-7-13(8-2)10-11-14(4)12-15(14,5)16(6)9-3/h9,13H,3,7-8,10-12H2,1-2,4-6H3. The van der Waals surface area contributed by atoms with Gasteiger partial charge >= 0.3 is 0 Å². The van der Waals surface area contributed by atoms with Gasteiger partial charge in [0.15, 0.2) is 0 Å². The highest BCUT2D eigenvalue weighted by atomic mass is 15.2. The Hall–Kier alpha value is -0.460. The predicted molar refractivity (Wildman–Crippen MR) is 72.4 cm³/mol. The summed E-state index contributed by atoms with van der Waals surface area (Å²) in [5.41, 5.74) is 0.874. The highest BCUT2D eigenvalue weighted by molar-refractivity contribution is 5.18. The zero-order valence-corrected chi connectivity index (χ0v) is 11.8. The first kappa shape index (κ1) is 13.6. The Labute approximate surface area is 102 Å². The second-order valence-electron chi connectivity index (χ2n) is 6.03. The van der Waals surface area contributed by atoms with Crippen LogP contribution < -0.4 is 0 Å². The fraction of sp³-hybridized carbons (Fsp3) is 0.867. The molecule has 16 heavy (non-hydrogen) atoms. The van der Waals surface area contributed by atoms with Crippen LogP contribution in [-0.2, 0) is 0 Å². The van der Waals surface area contributed by atoms with Crippen LogP contribution in [-0.4, -0.2) is 17.5 Å². The number of hydrogen-bond donors (Lipinski definition) is 0. The van der Waals surface area contributed by atoms with E-state index in [0.29, 0.717) is 11.0 Å². The summed E-state index contributed by atoms with van der Waals surface area (Å²) < 4.78 is 0. The molecule has 0 bridgehead atoms. The van der Waals surface area contributed by atoms with Crippen LogP contribution in [0.4, 0.5) is 0 Å². The lowest BCUT2D eigenvalue weighted by Gasteiger charge is -2.29. The molecule has 2 unspecified atom stereocenters. The van der Waals surface area contributed by atoms with Gasteiger partial charge in [-0.05, 0) is 43.7 Å². The molecule has 94 valence electrons. The van der Waals surface area contributed by atoms with Crippen molar-refractivity contribution in [3.8, 4) is 0 Å². The van der Waals surface area contributed by atoms with Gasteiger partial charge in [-0.3, -0.25) is 0 Å². The third kappa shape index (κ3) is 2.28. The lowest BCUT2D eigenvalue weighted by Crippen LogP contribution is -2.31. The monoisotopic (exact) mass is 223 g/mol. The van der Waals surface area contributed by atoms with Crippen molar-refractivity contribution >= 4 is 0 Å². The minimum absolute atomic E-state index is 0.362. The Kier molecular flexibility index (Phi) is 4.09. The van der Waals surface area contributed by atoms with Crippen LogP contribution in [0.15, 0.2) is 12.8 Å². The second kappa shape index (κ2) is 4.81. The van der Waals surface area contributed by atoms with E-state index in [4.69, 9.17) is 0 Å². The molecule has 1 fully saturated rings. The van der Waals surface area contributed by atoms with Crippen LogP contribution in [0, 0.1) is 11.3 Å². The van der Waals surface area contributed by atoms with E-state index in [1.165, 1.54) is 32.1 Å². The van der Waals surface area contributed by atoms with Crippen molar-refractivity contribution in [2.75, 3.05) is 7.05 Å². The van der Waals surface area contributed by atoms with E-state index in [0.717, 1.165) is 5.92 Å². The molecule has 0 aromatic carbocycles. The van der Waals surface area contributed by atoms with E-state index in [9.17, 15) is 0 Å². The first-order valence-electron chi connectivity index (χ1n) is 6.79. The Bertz CT molecular complexity index is 244. The lowest BCUT2D eigenvalue weighted by molar-refractivity contribution is 0.240. The Balaban J connectivity index is 2.48. The summed E-state index contributed by atoms with van der Waals surface area (Å²) in [6.07, 6.45) is 8.73. The first-order chi connectivity index (χ1) is 7.43. The van der Waals surface area contributed by atoms with E-state index >= 15 is 0 Å². The van der Waals surface area contributed by atoms with Crippen molar-refractivity contribution < 1.29 is 0 Å². The lowest BCUT2D eigenvalue weighted by atomic mass is 9.89. The minimum atomic E-state index is 0.362. The molecule has 0 aromatic heterocycles. The number of hydrogen-bond acceptors (Lipinski definition) is 1. The molecule has 1 heteroatoms. The van der Waals surface area contributed by atoms with Crippen molar-refractivity contribution in [3.63, 3.8) is 0 Å². The van der Waals surface area contributed by atoms with Gasteiger partial charge in [0, 0.05) is 12.6 Å². The number of rotatable bonds is 7. The molecule has 1 nitrogen and oxygen atoms in total. The third-order valence-electron chi connectivity index (χ3n) is 5.22. The van der Waals surface area contributed by atoms with Gasteiger partial charge in [0.25, 0.3) is 0 Å². The Morgan fingerprint density at radius 1 is 1.31 bits per heavy atom. The zero-order chi connectivity index (χ0) is 12.4. The largest absolute Gasteiger partial charge is 0.375 e. The summed E-state index contributed by atoms with van der Waals surface area (Å²) in [5.74, 6) is 0.927. The zero-order valence-electron chi connectivity index (χ0n) is 11.8. The third-order valence-corrected chi connectivity index (χ3v) is 5.22. The number of nitrogens with zero attached hydrogens (tertiary/aromatic N) is 1. The predicted octanol–water partition coefficient (Wildman–Crippen LogP) is 4.45. The second-order valence-corrected chi connectivity index (χ2v) is 6.03. The molecule has 0 spiro atoms. The van der Waals surface area contributed by atoms with Crippen LogP contribution in [0.2, 0.25) is 0 Å². The molecule has 0 radical (unpaired) electrons. The van der Waals surface area contributed by atoms with Crippen molar-refractivity contribution in [1.82, 2.24) is 4.90 Å². The van der Waals surface area contributed by atoms with Gasteiger partial charge < -0.3 is 4.90 Å². The molecule has 0 amide bonds. The average Bonchev–Trinajstić information content (AvgIpc) is 2.83. The minimum Gasteiger partial charge on any atom is -0.375 e. The summed E-state index contributed by atoms with van der Waals surface area (Å²) >= 11 is 0. The quantitative estimate of drug-likeness (QED) is 0.616. The van der Waals surface area contributed by atoms with E-state index in [1.54, 1.807) is 0 Å². The topological polar surface area (TPSA) is 3.24 Å². The molecule has 0 N–H and O–H groups in total. The maximum absolute atomic E-state index is 3.89. The Morgan fingerprint density at radius 2 is 1.88 bits per heavy atom. The molecule has 1 aliphatic rings. The molecule has 0 saturated heterocycles. The molecular weight excluding hydrogens is 194 g/mol. The van der Waals surface area contributed by atoms with Crippen molar-refractivity contribution in [2.45, 2.75) is 65.3 Å². The van der Waals surface area contributed by atoms with Crippen LogP contribution >= 0.6 is 0 Å². The summed E-state index contributed by atoms with van der Waals surface area (Å²) in [6, 6.07) is 0. The van der Waals surface area contributed by atoms with E-state index in [1.807, 2.05) is 6.20 Å². The van der Waals surface area contributed by atoms with Crippen LogP contribution in [0.5, 0.6) is 0 Å². The van der Waals surface area contributed by atoms with Gasteiger partial charge in [-0.15, -0.1) is 0 Å². The SMILES string of the molecule is C=CN(C)C1(C)CC1(C)CCC(CC)CC. The van der Waals surface area contributed by atoms with E-state index in [2.05, 4.69) is 46.2 Å². The molecule has 1 aliphatic carbocycles. The van der Waals surface area contributed by atoms with Gasteiger partial charge in [0.05, 0.1) is 0 Å². The van der Waals surface area contributed by atoms with Crippen molar-refractivity contribution in [3.05, 3.63) is 12.8 Å². The summed E-state index contributed by atoms with van der Waals surface area (Å²) in [6.45, 7) is 13.3. The van der Waals surface area contributed by atoms with Gasteiger partial charge in [-0.25, -0.2) is 0 Å². The highest BCUT2D eigenvalue weighted by Gasteiger charge is 2.62.